The van der Waals surface area contributed by atoms with Crippen molar-refractivity contribution in [3.63, 3.8) is 0 Å². The third-order valence-electron chi connectivity index (χ3n) is 6.07. The van der Waals surface area contributed by atoms with Crippen LogP contribution in [0.3, 0.4) is 0 Å². The summed E-state index contributed by atoms with van der Waals surface area (Å²) in [7, 11) is 0. The van der Waals surface area contributed by atoms with E-state index in [4.69, 9.17) is 27.9 Å². The van der Waals surface area contributed by atoms with E-state index in [1.165, 1.54) is 0 Å². The fraction of sp³-hybridized carbons (Fsp3) is 0.333. The summed E-state index contributed by atoms with van der Waals surface area (Å²) in [5, 5.41) is 8.22. The van der Waals surface area contributed by atoms with E-state index in [0.29, 0.717) is 40.8 Å². The van der Waals surface area contributed by atoms with Crippen molar-refractivity contribution in [1.29, 1.82) is 0 Å². The molecule has 1 aromatic heterocycles. The number of benzene rings is 2. The number of aromatic nitrogens is 1. The minimum atomic E-state index is -0.615. The Morgan fingerprint density at radius 2 is 1.91 bits per heavy atom. The number of halogens is 2. The molecule has 0 unspecified atom stereocenters. The lowest BCUT2D eigenvalue weighted by Gasteiger charge is -2.39. The summed E-state index contributed by atoms with van der Waals surface area (Å²) in [6, 6.07) is 10.8. The first-order valence-electron chi connectivity index (χ1n) is 10.6. The molecule has 3 N–H and O–H groups in total. The number of rotatable bonds is 5. The standard InChI is InChI=1S/C24H25Cl2N3O3/c1-3-32-23(31)15-5-4-6-16(13-15)24(9-11-27-12-10-24)29-22(30)21-14(2)19-18(28-21)8-7-17(25)20(19)26/h4-8,13,27-28H,3,9-12H2,1-2H3,(H,29,30). The van der Waals surface area contributed by atoms with Gasteiger partial charge in [-0.05, 0) is 75.2 Å². The minimum Gasteiger partial charge on any atom is -0.462 e. The van der Waals surface area contributed by atoms with Crippen molar-refractivity contribution in [1.82, 2.24) is 15.6 Å². The summed E-state index contributed by atoms with van der Waals surface area (Å²) in [5.74, 6) is -0.600. The molecule has 1 aliphatic rings. The smallest absolute Gasteiger partial charge is 0.338 e. The predicted octanol–water partition coefficient (Wildman–Crippen LogP) is 4.97. The van der Waals surface area contributed by atoms with Crippen LogP contribution in [0.25, 0.3) is 10.9 Å². The number of aromatic amines is 1. The topological polar surface area (TPSA) is 83.2 Å². The lowest BCUT2D eigenvalue weighted by molar-refractivity contribution is 0.0526. The molecule has 0 radical (unpaired) electrons. The molecule has 1 amide bonds. The molecule has 2 heterocycles. The molecular weight excluding hydrogens is 449 g/mol. The van der Waals surface area contributed by atoms with Gasteiger partial charge in [-0.3, -0.25) is 4.79 Å². The van der Waals surface area contributed by atoms with Crippen molar-refractivity contribution < 1.29 is 14.3 Å². The number of esters is 1. The van der Waals surface area contributed by atoms with E-state index in [2.05, 4.69) is 15.6 Å². The summed E-state index contributed by atoms with van der Waals surface area (Å²) in [6.07, 6.45) is 1.38. The molecule has 2 aromatic carbocycles. The molecule has 1 saturated heterocycles. The van der Waals surface area contributed by atoms with Crippen molar-refractivity contribution in [3.8, 4) is 0 Å². The van der Waals surface area contributed by atoms with E-state index in [1.54, 1.807) is 19.1 Å². The van der Waals surface area contributed by atoms with Crippen molar-refractivity contribution >= 4 is 46.0 Å². The lowest BCUT2D eigenvalue weighted by atomic mass is 9.80. The first kappa shape index (κ1) is 22.6. The summed E-state index contributed by atoms with van der Waals surface area (Å²) >= 11 is 12.6. The number of carbonyl (C=O) groups excluding carboxylic acids is 2. The Kier molecular flexibility index (Phi) is 6.47. The Labute approximate surface area is 196 Å². The number of H-pyrrole nitrogens is 1. The third-order valence-corrected chi connectivity index (χ3v) is 6.87. The monoisotopic (exact) mass is 473 g/mol. The molecule has 32 heavy (non-hydrogen) atoms. The van der Waals surface area contributed by atoms with Gasteiger partial charge in [-0.1, -0.05) is 35.3 Å². The Morgan fingerprint density at radius 3 is 2.62 bits per heavy atom. The number of fused-ring (bicyclic) bond motifs is 1. The van der Waals surface area contributed by atoms with Gasteiger partial charge in [0.05, 0.1) is 27.8 Å². The largest absolute Gasteiger partial charge is 0.462 e. The summed E-state index contributed by atoms with van der Waals surface area (Å²) in [5.41, 5.74) is 2.69. The zero-order valence-electron chi connectivity index (χ0n) is 18.0. The van der Waals surface area contributed by atoms with E-state index in [0.717, 1.165) is 35.1 Å². The van der Waals surface area contributed by atoms with Crippen LogP contribution in [-0.4, -0.2) is 36.6 Å². The van der Waals surface area contributed by atoms with Crippen LogP contribution in [0.1, 0.15) is 51.7 Å². The third kappa shape index (κ3) is 4.10. The highest BCUT2D eigenvalue weighted by molar-refractivity contribution is 6.45. The number of hydrogen-bond donors (Lipinski definition) is 3. The Morgan fingerprint density at radius 1 is 1.16 bits per heavy atom. The second-order valence-electron chi connectivity index (χ2n) is 8.00. The number of carbonyl (C=O) groups is 2. The highest BCUT2D eigenvalue weighted by Crippen LogP contribution is 2.36. The highest BCUT2D eigenvalue weighted by atomic mass is 35.5. The summed E-state index contributed by atoms with van der Waals surface area (Å²) < 4.78 is 5.16. The van der Waals surface area contributed by atoms with E-state index in [1.807, 2.05) is 31.2 Å². The maximum absolute atomic E-state index is 13.5. The van der Waals surface area contributed by atoms with Crippen LogP contribution in [0.2, 0.25) is 10.0 Å². The molecule has 6 nitrogen and oxygen atoms in total. The van der Waals surface area contributed by atoms with Crippen molar-refractivity contribution in [2.45, 2.75) is 32.2 Å². The lowest BCUT2D eigenvalue weighted by Crippen LogP contribution is -2.52. The maximum atomic E-state index is 13.5. The first-order valence-corrected chi connectivity index (χ1v) is 11.4. The molecule has 4 rings (SSSR count). The van der Waals surface area contributed by atoms with Crippen LogP contribution in [0.15, 0.2) is 36.4 Å². The normalized spacial score (nSPS) is 15.5. The van der Waals surface area contributed by atoms with Gasteiger partial charge in [0.15, 0.2) is 0 Å². The number of aryl methyl sites for hydroxylation is 1. The zero-order chi connectivity index (χ0) is 22.9. The molecule has 1 aliphatic heterocycles. The Bertz CT molecular complexity index is 1180. The van der Waals surface area contributed by atoms with E-state index >= 15 is 0 Å². The SMILES string of the molecule is CCOC(=O)c1cccc(C2(NC(=O)c3[nH]c4ccc(Cl)c(Cl)c4c3C)CCNCC2)c1. The molecule has 1 fully saturated rings. The van der Waals surface area contributed by atoms with Gasteiger partial charge in [-0.25, -0.2) is 4.79 Å². The summed E-state index contributed by atoms with van der Waals surface area (Å²) in [4.78, 5) is 28.9. The zero-order valence-corrected chi connectivity index (χ0v) is 19.5. The number of ether oxygens (including phenoxy) is 1. The van der Waals surface area contributed by atoms with Crippen molar-refractivity contribution in [2.24, 2.45) is 0 Å². The number of hydrogen-bond acceptors (Lipinski definition) is 4. The second kappa shape index (κ2) is 9.14. The first-order chi connectivity index (χ1) is 15.4. The fourth-order valence-electron chi connectivity index (χ4n) is 4.38. The Hall–Kier alpha value is -2.54. The van der Waals surface area contributed by atoms with E-state index in [-0.39, 0.29) is 11.9 Å². The number of piperidine rings is 1. The van der Waals surface area contributed by atoms with Gasteiger partial charge in [0.2, 0.25) is 0 Å². The van der Waals surface area contributed by atoms with Crippen LogP contribution < -0.4 is 10.6 Å². The fourth-order valence-corrected chi connectivity index (χ4v) is 4.84. The van der Waals surface area contributed by atoms with Gasteiger partial charge in [-0.2, -0.15) is 0 Å². The van der Waals surface area contributed by atoms with Gasteiger partial charge in [0.1, 0.15) is 5.69 Å². The highest BCUT2D eigenvalue weighted by Gasteiger charge is 2.37. The van der Waals surface area contributed by atoms with Crippen LogP contribution in [0.5, 0.6) is 0 Å². The van der Waals surface area contributed by atoms with Crippen LogP contribution in [0, 0.1) is 6.92 Å². The molecular formula is C24H25Cl2N3O3. The van der Waals surface area contributed by atoms with Gasteiger partial charge >= 0.3 is 5.97 Å². The van der Waals surface area contributed by atoms with Gasteiger partial charge < -0.3 is 20.4 Å². The van der Waals surface area contributed by atoms with Crippen molar-refractivity contribution in [3.05, 3.63) is 68.8 Å². The van der Waals surface area contributed by atoms with Gasteiger partial charge in [-0.15, -0.1) is 0 Å². The van der Waals surface area contributed by atoms with E-state index in [9.17, 15) is 9.59 Å². The van der Waals surface area contributed by atoms with Gasteiger partial charge in [0.25, 0.3) is 5.91 Å². The van der Waals surface area contributed by atoms with Crippen LogP contribution >= 0.6 is 23.2 Å². The summed E-state index contributed by atoms with van der Waals surface area (Å²) in [6.45, 7) is 5.43. The average molecular weight is 474 g/mol. The van der Waals surface area contributed by atoms with Crippen LogP contribution in [-0.2, 0) is 10.3 Å². The quantitative estimate of drug-likeness (QED) is 0.456. The molecule has 168 valence electrons. The number of amides is 1. The van der Waals surface area contributed by atoms with Crippen molar-refractivity contribution in [2.75, 3.05) is 19.7 Å². The van der Waals surface area contributed by atoms with Crippen LogP contribution in [0.4, 0.5) is 0 Å². The number of nitrogens with one attached hydrogen (secondary N) is 3. The maximum Gasteiger partial charge on any atom is 0.338 e. The molecule has 0 aliphatic carbocycles. The van der Waals surface area contributed by atoms with Gasteiger partial charge in [0, 0.05) is 10.9 Å². The predicted molar refractivity (Wildman–Crippen MR) is 127 cm³/mol. The molecule has 0 atom stereocenters. The molecule has 0 bridgehead atoms. The average Bonchev–Trinajstić information content (AvgIpc) is 3.14. The molecule has 0 spiro atoms. The molecule has 8 heteroatoms. The molecule has 3 aromatic rings. The second-order valence-corrected chi connectivity index (χ2v) is 8.78. The Balaban J connectivity index is 1.71. The van der Waals surface area contributed by atoms with E-state index < -0.39 is 5.54 Å². The minimum absolute atomic E-state index is 0.227. The molecule has 0 saturated carbocycles.